The number of anilines is 1. The number of carbonyl (C=O) groups excluding carboxylic acids is 1. The topological polar surface area (TPSA) is 75.1 Å². The first kappa shape index (κ1) is 29.4. The minimum absolute atomic E-state index is 0. The van der Waals surface area contributed by atoms with E-state index in [2.05, 4.69) is 20.8 Å². The summed E-state index contributed by atoms with van der Waals surface area (Å²) in [7, 11) is 5.43. The van der Waals surface area contributed by atoms with Gasteiger partial charge >= 0.3 is 0 Å². The van der Waals surface area contributed by atoms with Gasteiger partial charge in [0, 0.05) is 31.8 Å². The van der Waals surface area contributed by atoms with Crippen LogP contribution in [0.3, 0.4) is 0 Å². The first-order chi connectivity index (χ1) is 16.4. The Balaban J connectivity index is 0.00000456. The summed E-state index contributed by atoms with van der Waals surface area (Å²) in [6.07, 6.45) is 0. The number of benzene rings is 2. The summed E-state index contributed by atoms with van der Waals surface area (Å²) in [6, 6.07) is 5.38. The highest BCUT2D eigenvalue weighted by atomic mass is 79.9. The molecule has 0 aromatic heterocycles. The van der Waals surface area contributed by atoms with Gasteiger partial charge in [-0.3, -0.25) is 10.2 Å². The molecule has 0 aliphatic carbocycles. The highest BCUT2D eigenvalue weighted by molar-refractivity contribution is 8.93. The van der Waals surface area contributed by atoms with Crippen molar-refractivity contribution in [3.8, 4) is 17.2 Å². The lowest BCUT2D eigenvalue weighted by molar-refractivity contribution is 0.0962. The van der Waals surface area contributed by atoms with Crippen molar-refractivity contribution in [1.29, 1.82) is 5.41 Å². The summed E-state index contributed by atoms with van der Waals surface area (Å²) in [5.41, 5.74) is 2.75. The SMILES string of the molecule is Br.CCOc1cc2c(c(F)c1OCC)C(=N)N(CC(=O)c1cc(N(C)C)c(OC)c(C(C)(C)C)c1)C2. The van der Waals surface area contributed by atoms with Crippen molar-refractivity contribution in [2.45, 2.75) is 46.6 Å². The predicted molar refractivity (Wildman–Crippen MR) is 147 cm³/mol. The Bertz CT molecular complexity index is 1150. The van der Waals surface area contributed by atoms with Crippen molar-refractivity contribution in [1.82, 2.24) is 4.90 Å². The first-order valence-electron chi connectivity index (χ1n) is 11.8. The number of halogens is 2. The van der Waals surface area contributed by atoms with Gasteiger partial charge in [-0.15, -0.1) is 17.0 Å². The molecule has 1 aliphatic rings. The number of hydrogen-bond acceptors (Lipinski definition) is 6. The van der Waals surface area contributed by atoms with Gasteiger partial charge in [0.2, 0.25) is 0 Å². The van der Waals surface area contributed by atoms with Crippen molar-refractivity contribution in [3.63, 3.8) is 0 Å². The van der Waals surface area contributed by atoms with E-state index in [1.807, 2.05) is 38.1 Å². The third-order valence-corrected chi connectivity index (χ3v) is 5.99. The summed E-state index contributed by atoms with van der Waals surface area (Å²) in [6.45, 7) is 10.6. The fourth-order valence-corrected chi connectivity index (χ4v) is 4.30. The van der Waals surface area contributed by atoms with E-state index in [1.54, 1.807) is 25.0 Å². The zero-order valence-electron chi connectivity index (χ0n) is 22.4. The van der Waals surface area contributed by atoms with Crippen LogP contribution in [-0.4, -0.2) is 57.5 Å². The van der Waals surface area contributed by atoms with Crippen LogP contribution in [0, 0.1) is 11.2 Å². The standard InChI is InChI=1S/C27H36FN3O4.BrH/c1-9-34-21-13-17-14-31(26(29)22(17)23(28)25(21)35-10-2)15-20(32)16-11-18(27(3,4)5)24(33-8)19(12-16)30(6)7;/h11-13,29H,9-10,14-15H2,1-8H3;1H. The van der Waals surface area contributed by atoms with Crippen molar-refractivity contribution < 1.29 is 23.4 Å². The van der Waals surface area contributed by atoms with E-state index in [4.69, 9.17) is 19.6 Å². The second kappa shape index (κ2) is 11.5. The molecule has 7 nitrogen and oxygen atoms in total. The number of hydrogen-bond donors (Lipinski definition) is 1. The van der Waals surface area contributed by atoms with E-state index in [1.165, 1.54) is 0 Å². The molecule has 0 amide bonds. The number of Topliss-reactive ketones (excluding diaryl/α,β-unsaturated/α-hetero) is 1. The largest absolute Gasteiger partial charge is 0.494 e. The molecule has 198 valence electrons. The molecule has 0 saturated carbocycles. The Morgan fingerprint density at radius 1 is 1.11 bits per heavy atom. The number of nitrogens with one attached hydrogen (secondary N) is 1. The van der Waals surface area contributed by atoms with E-state index < -0.39 is 5.82 Å². The predicted octanol–water partition coefficient (Wildman–Crippen LogP) is 5.60. The number of nitrogens with zero attached hydrogens (tertiary/aromatic N) is 2. The molecule has 1 aliphatic heterocycles. The summed E-state index contributed by atoms with van der Waals surface area (Å²) >= 11 is 0. The van der Waals surface area contributed by atoms with Gasteiger partial charge in [0.25, 0.3) is 0 Å². The zero-order valence-corrected chi connectivity index (χ0v) is 24.1. The maximum Gasteiger partial charge on any atom is 0.197 e. The van der Waals surface area contributed by atoms with E-state index in [9.17, 15) is 4.79 Å². The fraction of sp³-hybridized carbons (Fsp3) is 0.481. The van der Waals surface area contributed by atoms with Crippen molar-refractivity contribution in [2.24, 2.45) is 0 Å². The molecule has 0 fully saturated rings. The van der Waals surface area contributed by atoms with E-state index in [-0.39, 0.29) is 65.0 Å². The Kier molecular flexibility index (Phi) is 9.40. The molecule has 0 saturated heterocycles. The van der Waals surface area contributed by atoms with Crippen molar-refractivity contribution in [2.75, 3.05) is 45.9 Å². The quantitative estimate of drug-likeness (QED) is 0.399. The maximum atomic E-state index is 15.4. The molecule has 0 atom stereocenters. The Hall–Kier alpha value is -2.81. The number of carbonyl (C=O) groups is 1. The normalized spacial score (nSPS) is 12.7. The average Bonchev–Trinajstić information content (AvgIpc) is 3.09. The molecule has 2 aromatic carbocycles. The van der Waals surface area contributed by atoms with Crippen molar-refractivity contribution in [3.05, 3.63) is 46.3 Å². The van der Waals surface area contributed by atoms with Crippen LogP contribution in [0.25, 0.3) is 0 Å². The summed E-state index contributed by atoms with van der Waals surface area (Å²) in [5, 5.41) is 8.61. The molecule has 0 spiro atoms. The Morgan fingerprint density at radius 2 is 1.75 bits per heavy atom. The minimum atomic E-state index is -0.623. The molecule has 2 aromatic rings. The summed E-state index contributed by atoms with van der Waals surface area (Å²) in [4.78, 5) is 16.9. The van der Waals surface area contributed by atoms with E-state index in [0.29, 0.717) is 23.5 Å². The second-order valence-corrected chi connectivity index (χ2v) is 9.77. The van der Waals surface area contributed by atoms with Crippen LogP contribution in [0.4, 0.5) is 10.1 Å². The van der Waals surface area contributed by atoms with E-state index >= 15 is 4.39 Å². The number of ether oxygens (including phenoxy) is 3. The van der Waals surface area contributed by atoms with Crippen LogP contribution in [0.1, 0.15) is 61.7 Å². The van der Waals surface area contributed by atoms with Crippen LogP contribution >= 0.6 is 17.0 Å². The Labute approximate surface area is 223 Å². The number of ketones is 1. The maximum absolute atomic E-state index is 15.4. The lowest BCUT2D eigenvalue weighted by atomic mass is 9.84. The first-order valence-corrected chi connectivity index (χ1v) is 11.8. The van der Waals surface area contributed by atoms with Gasteiger partial charge in [-0.1, -0.05) is 20.8 Å². The average molecular weight is 567 g/mol. The molecule has 1 heterocycles. The van der Waals surface area contributed by atoms with Crippen LogP contribution in [-0.2, 0) is 12.0 Å². The second-order valence-electron chi connectivity index (χ2n) is 9.77. The number of methoxy groups -OCH3 is 1. The molecular formula is C27H37BrFN3O4. The molecule has 1 N–H and O–H groups in total. The molecule has 0 unspecified atom stereocenters. The fourth-order valence-electron chi connectivity index (χ4n) is 4.30. The molecule has 0 bridgehead atoms. The van der Waals surface area contributed by atoms with Gasteiger partial charge in [0.1, 0.15) is 11.6 Å². The van der Waals surface area contributed by atoms with Gasteiger partial charge in [-0.2, -0.15) is 0 Å². The molecule has 9 heteroatoms. The summed E-state index contributed by atoms with van der Waals surface area (Å²) < 4.78 is 32.1. The highest BCUT2D eigenvalue weighted by Gasteiger charge is 2.33. The van der Waals surface area contributed by atoms with Gasteiger partial charge in [0.15, 0.2) is 23.1 Å². The van der Waals surface area contributed by atoms with Gasteiger partial charge < -0.3 is 24.0 Å². The number of rotatable bonds is 9. The third kappa shape index (κ3) is 5.61. The van der Waals surface area contributed by atoms with Crippen LogP contribution in [0.15, 0.2) is 18.2 Å². The zero-order chi connectivity index (χ0) is 26.1. The Morgan fingerprint density at radius 3 is 2.28 bits per heavy atom. The molecular weight excluding hydrogens is 529 g/mol. The van der Waals surface area contributed by atoms with Gasteiger partial charge in [-0.05, 0) is 43.0 Å². The van der Waals surface area contributed by atoms with Crippen LogP contribution in [0.2, 0.25) is 0 Å². The highest BCUT2D eigenvalue weighted by Crippen LogP contribution is 2.41. The third-order valence-electron chi connectivity index (χ3n) is 5.99. The van der Waals surface area contributed by atoms with Crippen LogP contribution in [0.5, 0.6) is 17.2 Å². The number of fused-ring (bicyclic) bond motifs is 1. The lowest BCUT2D eigenvalue weighted by Gasteiger charge is -2.27. The van der Waals surface area contributed by atoms with Gasteiger partial charge in [0.05, 0.1) is 38.1 Å². The smallest absolute Gasteiger partial charge is 0.197 e. The monoisotopic (exact) mass is 565 g/mol. The van der Waals surface area contributed by atoms with Crippen molar-refractivity contribution >= 4 is 34.3 Å². The molecule has 36 heavy (non-hydrogen) atoms. The van der Waals surface area contributed by atoms with Gasteiger partial charge in [-0.25, -0.2) is 4.39 Å². The summed E-state index contributed by atoms with van der Waals surface area (Å²) in [5.74, 6) is 0.233. The molecule has 3 rings (SSSR count). The van der Waals surface area contributed by atoms with E-state index in [0.717, 1.165) is 17.0 Å². The lowest BCUT2D eigenvalue weighted by Crippen LogP contribution is -2.31. The minimum Gasteiger partial charge on any atom is -0.494 e. The molecule has 0 radical (unpaired) electrons. The van der Waals surface area contributed by atoms with Crippen LogP contribution < -0.4 is 19.1 Å². The number of amidine groups is 1.